The molecule has 0 unspecified atom stereocenters. The first-order chi connectivity index (χ1) is 12.1. The number of anilines is 1. The minimum absolute atomic E-state index is 0.186. The van der Waals surface area contributed by atoms with Crippen molar-refractivity contribution < 1.29 is 14.3 Å². The summed E-state index contributed by atoms with van der Waals surface area (Å²) >= 11 is 1.59. The lowest BCUT2D eigenvalue weighted by atomic mass is 9.93. The van der Waals surface area contributed by atoms with Crippen LogP contribution in [0.15, 0.2) is 24.3 Å². The van der Waals surface area contributed by atoms with Crippen LogP contribution < -0.4 is 14.8 Å². The highest BCUT2D eigenvalue weighted by molar-refractivity contribution is 7.15. The number of benzene rings is 1. The number of methoxy groups -OCH3 is 2. The SMILES string of the molecule is COc1ccc(/C=C/C(=O)Nc2nc3c(s2)C[C@H](C)CC3)cc1OC. The van der Waals surface area contributed by atoms with E-state index in [9.17, 15) is 4.79 Å². The molecule has 0 aliphatic heterocycles. The van der Waals surface area contributed by atoms with Crippen molar-refractivity contribution in [3.8, 4) is 11.5 Å². The predicted molar refractivity (Wildman–Crippen MR) is 101 cm³/mol. The van der Waals surface area contributed by atoms with Gasteiger partial charge in [-0.05, 0) is 49.0 Å². The Balaban J connectivity index is 1.65. The molecule has 0 radical (unpaired) electrons. The zero-order valence-corrected chi connectivity index (χ0v) is 15.5. The van der Waals surface area contributed by atoms with Crippen molar-refractivity contribution in [2.45, 2.75) is 26.2 Å². The van der Waals surface area contributed by atoms with Gasteiger partial charge < -0.3 is 9.47 Å². The van der Waals surface area contributed by atoms with Gasteiger partial charge in [0.25, 0.3) is 0 Å². The molecule has 1 aromatic carbocycles. The van der Waals surface area contributed by atoms with Gasteiger partial charge in [0.1, 0.15) is 0 Å². The van der Waals surface area contributed by atoms with E-state index in [1.165, 1.54) is 17.4 Å². The fourth-order valence-corrected chi connectivity index (χ4v) is 4.04. The van der Waals surface area contributed by atoms with Crippen LogP contribution in [0, 0.1) is 5.92 Å². The van der Waals surface area contributed by atoms with Crippen LogP contribution in [0.1, 0.15) is 29.5 Å². The first kappa shape index (κ1) is 17.5. The molecule has 1 N–H and O–H groups in total. The Bertz CT molecular complexity index is 798. The number of rotatable bonds is 5. The number of carbonyl (C=O) groups is 1. The Labute approximate surface area is 151 Å². The Kier molecular flexibility index (Phi) is 5.38. The molecule has 0 saturated carbocycles. The third-order valence-corrected chi connectivity index (χ3v) is 5.29. The first-order valence-electron chi connectivity index (χ1n) is 8.28. The van der Waals surface area contributed by atoms with Gasteiger partial charge in [-0.2, -0.15) is 0 Å². The summed E-state index contributed by atoms with van der Waals surface area (Å²) in [5.74, 6) is 1.80. The summed E-state index contributed by atoms with van der Waals surface area (Å²) in [6.45, 7) is 2.26. The zero-order chi connectivity index (χ0) is 17.8. The summed E-state index contributed by atoms with van der Waals surface area (Å²) in [7, 11) is 3.18. The van der Waals surface area contributed by atoms with Gasteiger partial charge in [0.05, 0.1) is 19.9 Å². The molecule has 6 heteroatoms. The molecule has 132 valence electrons. The second-order valence-corrected chi connectivity index (χ2v) is 7.26. The summed E-state index contributed by atoms with van der Waals surface area (Å²) in [6, 6.07) is 5.51. The van der Waals surface area contributed by atoms with Crippen LogP contribution in [0.25, 0.3) is 6.08 Å². The highest BCUT2D eigenvalue weighted by Crippen LogP contribution is 2.32. The summed E-state index contributed by atoms with van der Waals surface area (Å²) in [5.41, 5.74) is 2.00. The number of nitrogens with zero attached hydrogens (tertiary/aromatic N) is 1. The van der Waals surface area contributed by atoms with Crippen molar-refractivity contribution in [3.05, 3.63) is 40.4 Å². The van der Waals surface area contributed by atoms with E-state index in [4.69, 9.17) is 9.47 Å². The van der Waals surface area contributed by atoms with E-state index in [0.29, 0.717) is 22.5 Å². The second-order valence-electron chi connectivity index (χ2n) is 6.17. The van der Waals surface area contributed by atoms with Crippen LogP contribution in [-0.2, 0) is 17.6 Å². The summed E-state index contributed by atoms with van der Waals surface area (Å²) in [4.78, 5) is 18.0. The van der Waals surface area contributed by atoms with Crippen LogP contribution in [0.3, 0.4) is 0 Å². The summed E-state index contributed by atoms with van der Waals surface area (Å²) in [6.07, 6.45) is 6.48. The van der Waals surface area contributed by atoms with E-state index in [1.54, 1.807) is 31.6 Å². The van der Waals surface area contributed by atoms with Gasteiger partial charge in [0, 0.05) is 11.0 Å². The molecule has 25 heavy (non-hydrogen) atoms. The van der Waals surface area contributed by atoms with Crippen molar-refractivity contribution in [1.29, 1.82) is 0 Å². The van der Waals surface area contributed by atoms with E-state index in [-0.39, 0.29) is 5.91 Å². The molecule has 1 aromatic heterocycles. The fourth-order valence-electron chi connectivity index (χ4n) is 2.87. The van der Waals surface area contributed by atoms with E-state index in [0.717, 1.165) is 24.1 Å². The summed E-state index contributed by atoms with van der Waals surface area (Å²) in [5, 5.41) is 3.54. The van der Waals surface area contributed by atoms with E-state index < -0.39 is 0 Å². The summed E-state index contributed by atoms with van der Waals surface area (Å²) < 4.78 is 10.5. The number of carbonyl (C=O) groups excluding carboxylic acids is 1. The number of nitrogens with one attached hydrogen (secondary N) is 1. The van der Waals surface area contributed by atoms with Crippen LogP contribution in [-0.4, -0.2) is 25.1 Å². The quantitative estimate of drug-likeness (QED) is 0.823. The lowest BCUT2D eigenvalue weighted by Crippen LogP contribution is -2.09. The topological polar surface area (TPSA) is 60.5 Å². The van der Waals surface area contributed by atoms with Crippen molar-refractivity contribution in [3.63, 3.8) is 0 Å². The van der Waals surface area contributed by atoms with Crippen molar-refractivity contribution >= 4 is 28.5 Å². The van der Waals surface area contributed by atoms with Gasteiger partial charge >= 0.3 is 0 Å². The number of aromatic nitrogens is 1. The van der Waals surface area contributed by atoms with Crippen LogP contribution in [0.5, 0.6) is 11.5 Å². The molecule has 0 saturated heterocycles. The normalized spacial score (nSPS) is 16.5. The van der Waals surface area contributed by atoms with Gasteiger partial charge in [0.2, 0.25) is 5.91 Å². The maximum absolute atomic E-state index is 12.2. The smallest absolute Gasteiger partial charge is 0.250 e. The maximum Gasteiger partial charge on any atom is 0.250 e. The molecule has 3 rings (SSSR count). The Morgan fingerprint density at radius 2 is 2.12 bits per heavy atom. The average molecular weight is 358 g/mol. The molecule has 0 fully saturated rings. The first-order valence-corrected chi connectivity index (χ1v) is 9.10. The molecule has 0 spiro atoms. The molecule has 2 aromatic rings. The van der Waals surface area contributed by atoms with Crippen molar-refractivity contribution in [2.24, 2.45) is 5.92 Å². The predicted octanol–water partition coefficient (Wildman–Crippen LogP) is 3.94. The zero-order valence-electron chi connectivity index (χ0n) is 14.7. The lowest BCUT2D eigenvalue weighted by molar-refractivity contribution is -0.111. The number of hydrogen-bond acceptors (Lipinski definition) is 5. The monoisotopic (exact) mass is 358 g/mol. The second kappa shape index (κ2) is 7.70. The Morgan fingerprint density at radius 3 is 2.88 bits per heavy atom. The van der Waals surface area contributed by atoms with Crippen LogP contribution in [0.2, 0.25) is 0 Å². The third kappa shape index (κ3) is 4.20. The van der Waals surface area contributed by atoms with Gasteiger partial charge in [-0.1, -0.05) is 13.0 Å². The molecular formula is C19H22N2O3S. The molecule has 1 aliphatic rings. The number of thiazole rings is 1. The molecular weight excluding hydrogens is 336 g/mol. The number of aryl methyl sites for hydroxylation is 1. The third-order valence-electron chi connectivity index (χ3n) is 4.25. The highest BCUT2D eigenvalue weighted by Gasteiger charge is 2.20. The molecule has 1 aliphatic carbocycles. The Morgan fingerprint density at radius 1 is 1.32 bits per heavy atom. The number of fused-ring (bicyclic) bond motifs is 1. The van der Waals surface area contributed by atoms with Crippen LogP contribution in [0.4, 0.5) is 5.13 Å². The average Bonchev–Trinajstić information content (AvgIpc) is 3.00. The van der Waals surface area contributed by atoms with Gasteiger partial charge in [-0.15, -0.1) is 11.3 Å². The molecule has 1 atom stereocenters. The van der Waals surface area contributed by atoms with Crippen LogP contribution >= 0.6 is 11.3 Å². The maximum atomic E-state index is 12.2. The minimum atomic E-state index is -0.186. The van der Waals surface area contributed by atoms with E-state index in [1.807, 2.05) is 18.2 Å². The highest BCUT2D eigenvalue weighted by atomic mass is 32.1. The van der Waals surface area contributed by atoms with E-state index in [2.05, 4.69) is 17.2 Å². The minimum Gasteiger partial charge on any atom is -0.493 e. The number of hydrogen-bond donors (Lipinski definition) is 1. The van der Waals surface area contributed by atoms with Crippen molar-refractivity contribution in [2.75, 3.05) is 19.5 Å². The number of amides is 1. The van der Waals surface area contributed by atoms with E-state index >= 15 is 0 Å². The van der Waals surface area contributed by atoms with Gasteiger partial charge in [-0.25, -0.2) is 4.98 Å². The molecule has 1 heterocycles. The molecule has 0 bridgehead atoms. The number of ether oxygens (including phenoxy) is 2. The standard InChI is InChI=1S/C19H22N2O3S/c1-12-4-7-14-17(10-12)25-19(20-14)21-18(22)9-6-13-5-8-15(23-2)16(11-13)24-3/h5-6,8-9,11-12H,4,7,10H2,1-3H3,(H,20,21,22)/b9-6+/t12-/m1/s1. The lowest BCUT2D eigenvalue weighted by Gasteiger charge is -2.15. The largest absolute Gasteiger partial charge is 0.493 e. The van der Waals surface area contributed by atoms with Gasteiger partial charge in [-0.3, -0.25) is 10.1 Å². The Hall–Kier alpha value is -2.34. The van der Waals surface area contributed by atoms with Crippen molar-refractivity contribution in [1.82, 2.24) is 4.98 Å². The molecule has 1 amide bonds. The van der Waals surface area contributed by atoms with Gasteiger partial charge in [0.15, 0.2) is 16.6 Å². The fraction of sp³-hybridized carbons (Fsp3) is 0.368. The molecule has 5 nitrogen and oxygen atoms in total.